The van der Waals surface area contributed by atoms with Gasteiger partial charge in [0.15, 0.2) is 0 Å². The molecule has 0 spiro atoms. The summed E-state index contributed by atoms with van der Waals surface area (Å²) in [6.45, 7) is 2.87. The molecule has 2 rings (SSSR count). The van der Waals surface area contributed by atoms with Crippen LogP contribution < -0.4 is 11.5 Å². The fraction of sp³-hybridized carbons (Fsp3) is 0.143. The summed E-state index contributed by atoms with van der Waals surface area (Å²) >= 11 is 11.2. The summed E-state index contributed by atoms with van der Waals surface area (Å²) in [7, 11) is -8.92. The topological polar surface area (TPSA) is 166 Å². The van der Waals surface area contributed by atoms with Crippen LogP contribution in [0.4, 0.5) is 11.4 Å². The minimum absolute atomic E-state index is 0. The van der Waals surface area contributed by atoms with Gasteiger partial charge in [0.25, 0.3) is 0 Å². The Bertz CT molecular complexity index is 974. The van der Waals surface area contributed by atoms with Crippen LogP contribution in [0.3, 0.4) is 0 Å². The summed E-state index contributed by atoms with van der Waals surface area (Å²) in [5.41, 5.74) is 11.5. The van der Waals surface area contributed by atoms with E-state index >= 15 is 0 Å². The molecule has 13 heteroatoms. The van der Waals surface area contributed by atoms with Gasteiger partial charge < -0.3 is 20.6 Å². The first kappa shape index (κ1) is 26.7. The van der Waals surface area contributed by atoms with Gasteiger partial charge in [-0.2, -0.15) is 0 Å². The quantitative estimate of drug-likeness (QED) is 0.373. The van der Waals surface area contributed by atoms with E-state index < -0.39 is 20.2 Å². The predicted molar refractivity (Wildman–Crippen MR) is 103 cm³/mol. The van der Waals surface area contributed by atoms with E-state index in [2.05, 4.69) is 0 Å². The Morgan fingerprint density at radius 3 is 1.22 bits per heavy atom. The van der Waals surface area contributed by atoms with Crippen molar-refractivity contribution < 1.29 is 25.9 Å². The van der Waals surface area contributed by atoms with E-state index in [1.54, 1.807) is 0 Å². The zero-order chi connectivity index (χ0) is 20.4. The van der Waals surface area contributed by atoms with Crippen LogP contribution in [-0.4, -0.2) is 63.7 Å². The average Bonchev–Trinajstić information content (AvgIpc) is 2.48. The molecule has 4 N–H and O–H groups in total. The number of anilines is 2. The second-order valence-corrected chi connectivity index (χ2v) is 8.59. The molecule has 0 amide bonds. The second kappa shape index (κ2) is 9.95. The van der Waals surface area contributed by atoms with Crippen molar-refractivity contribution >= 4 is 92.6 Å². The van der Waals surface area contributed by atoms with Gasteiger partial charge in [0.1, 0.15) is 20.2 Å². The fourth-order valence-electron chi connectivity index (χ4n) is 1.89. The van der Waals surface area contributed by atoms with Gasteiger partial charge in [0.05, 0.1) is 31.2 Å². The van der Waals surface area contributed by atoms with Gasteiger partial charge >= 0.3 is 37.7 Å². The molecule has 0 unspecified atom stereocenters. The Morgan fingerprint density at radius 2 is 1.00 bits per heavy atom. The molecule has 0 saturated heterocycles. The Labute approximate surface area is 197 Å². The average molecular weight is 481 g/mol. The van der Waals surface area contributed by atoms with Crippen LogP contribution in [0.15, 0.2) is 34.1 Å². The second-order valence-electron chi connectivity index (χ2n) is 5.08. The van der Waals surface area contributed by atoms with Crippen LogP contribution in [-0.2, 0) is 20.2 Å². The molecule has 0 aliphatic heterocycles. The summed E-state index contributed by atoms with van der Waals surface area (Å²) in [5.74, 6) is 0. The van der Waals surface area contributed by atoms with Gasteiger partial charge in [-0.3, -0.25) is 0 Å². The van der Waals surface area contributed by atoms with E-state index in [0.29, 0.717) is 0 Å². The van der Waals surface area contributed by atoms with E-state index in [-0.39, 0.29) is 80.1 Å². The first-order valence-corrected chi connectivity index (χ1v) is 10.3. The molecule has 27 heavy (non-hydrogen) atoms. The smallest absolute Gasteiger partial charge is 0.744 e. The fourth-order valence-corrected chi connectivity index (χ4v) is 3.74. The van der Waals surface area contributed by atoms with Crippen LogP contribution >= 0.6 is 23.2 Å². The van der Waals surface area contributed by atoms with Crippen molar-refractivity contribution in [1.82, 2.24) is 0 Å². The number of nitrogens with two attached hydrogens (primary N) is 2. The summed E-state index contributed by atoms with van der Waals surface area (Å²) in [6, 6.07) is 4.87. The Kier molecular flexibility index (Phi) is 9.84. The van der Waals surface area contributed by atoms with Gasteiger partial charge in [-0.15, -0.1) is 0 Å². The zero-order valence-corrected chi connectivity index (χ0v) is 19.5. The third-order valence-corrected chi connectivity index (χ3v) is 5.98. The molecule has 0 radical (unpaired) electrons. The van der Waals surface area contributed by atoms with Crippen molar-refractivity contribution in [3.63, 3.8) is 0 Å². The predicted octanol–water partition coefficient (Wildman–Crippen LogP) is 1.89. The number of halogens is 2. The van der Waals surface area contributed by atoms with Gasteiger partial charge in [-0.05, 0) is 49.2 Å². The van der Waals surface area contributed by atoms with Gasteiger partial charge in [0, 0.05) is 0 Å². The Balaban J connectivity index is 0.000000483. The monoisotopic (exact) mass is 480 g/mol. The van der Waals surface area contributed by atoms with Crippen molar-refractivity contribution in [3.05, 3.63) is 45.4 Å². The molecule has 0 bridgehead atoms. The Hall–Kier alpha value is -0.300. The minimum Gasteiger partial charge on any atom is -0.744 e. The third-order valence-electron chi connectivity index (χ3n) is 3.36. The maximum Gasteiger partial charge on any atom is 2.00 e. The standard InChI is InChI=1S/2C7H8ClNO3S.Ca/c2*1-4-6(13(10,11)12)3-2-5(8)7(4)9;/h2*2-3H,9H2,1H3,(H,10,11,12);/q;;+2/p-2. The van der Waals surface area contributed by atoms with Crippen molar-refractivity contribution in [2.24, 2.45) is 0 Å². The minimum atomic E-state index is -4.46. The molecule has 2 aromatic rings. The number of rotatable bonds is 2. The number of hydrogen-bond acceptors (Lipinski definition) is 8. The molecule has 0 saturated carbocycles. The van der Waals surface area contributed by atoms with Crippen LogP contribution in [0.25, 0.3) is 0 Å². The molecular formula is C14H14CaCl2N2O6S2. The molecule has 144 valence electrons. The molecule has 0 aliphatic carbocycles. The molecule has 0 atom stereocenters. The van der Waals surface area contributed by atoms with Crippen LogP contribution in [0.5, 0.6) is 0 Å². The molecule has 0 heterocycles. The van der Waals surface area contributed by atoms with Crippen molar-refractivity contribution in [2.75, 3.05) is 11.5 Å². The zero-order valence-electron chi connectivity index (χ0n) is 14.2. The summed E-state index contributed by atoms with van der Waals surface area (Å²) in [5, 5.41) is 0.481. The van der Waals surface area contributed by atoms with E-state index in [9.17, 15) is 25.9 Å². The van der Waals surface area contributed by atoms with E-state index in [0.717, 1.165) is 12.1 Å². The molecule has 0 aliphatic rings. The molecule has 8 nitrogen and oxygen atoms in total. The maximum absolute atomic E-state index is 10.7. The van der Waals surface area contributed by atoms with Crippen molar-refractivity contribution in [2.45, 2.75) is 23.6 Å². The largest absolute Gasteiger partial charge is 2.00 e. The van der Waals surface area contributed by atoms with Gasteiger partial charge in [0.2, 0.25) is 0 Å². The first-order valence-electron chi connectivity index (χ1n) is 6.68. The van der Waals surface area contributed by atoms with Crippen LogP contribution in [0, 0.1) is 13.8 Å². The van der Waals surface area contributed by atoms with E-state index in [1.807, 2.05) is 0 Å². The number of benzene rings is 2. The van der Waals surface area contributed by atoms with Crippen LogP contribution in [0.2, 0.25) is 10.0 Å². The number of nitrogen functional groups attached to an aromatic ring is 2. The molecule has 0 fully saturated rings. The maximum atomic E-state index is 10.7. The van der Waals surface area contributed by atoms with Crippen LogP contribution in [0.1, 0.15) is 11.1 Å². The van der Waals surface area contributed by atoms with Crippen molar-refractivity contribution in [3.8, 4) is 0 Å². The third kappa shape index (κ3) is 6.91. The van der Waals surface area contributed by atoms with Crippen molar-refractivity contribution in [1.29, 1.82) is 0 Å². The van der Waals surface area contributed by atoms with E-state index in [1.165, 1.54) is 26.0 Å². The SMILES string of the molecule is Cc1c(S(=O)(=O)[O-])ccc(Cl)c1N.Cc1c(S(=O)(=O)[O-])ccc(Cl)c1N.[Ca+2]. The van der Waals surface area contributed by atoms with E-state index in [4.69, 9.17) is 34.7 Å². The summed E-state index contributed by atoms with van der Waals surface area (Å²) in [6.07, 6.45) is 0. The summed E-state index contributed by atoms with van der Waals surface area (Å²) in [4.78, 5) is -0.649. The number of hydrogen-bond donors (Lipinski definition) is 2. The van der Waals surface area contributed by atoms with Gasteiger partial charge in [-0.1, -0.05) is 23.2 Å². The first-order chi connectivity index (χ1) is 11.7. The van der Waals surface area contributed by atoms with Gasteiger partial charge in [-0.25, -0.2) is 16.8 Å². The molecule has 2 aromatic carbocycles. The normalized spacial score (nSPS) is 11.2. The molecular weight excluding hydrogens is 467 g/mol. The summed E-state index contributed by atoms with van der Waals surface area (Å²) < 4.78 is 64.0. The molecule has 0 aromatic heterocycles. The Morgan fingerprint density at radius 1 is 0.741 bits per heavy atom.